The molecule has 18 heavy (non-hydrogen) atoms. The van der Waals surface area contributed by atoms with Crippen LogP contribution in [0.3, 0.4) is 0 Å². The van der Waals surface area contributed by atoms with Gasteiger partial charge in [-0.2, -0.15) is 11.8 Å². The zero-order valence-corrected chi connectivity index (χ0v) is 12.1. The largest absolute Gasteiger partial charge is 0.350 e. The van der Waals surface area contributed by atoms with Gasteiger partial charge in [0.15, 0.2) is 0 Å². The Morgan fingerprint density at radius 3 is 3.00 bits per heavy atom. The number of carbonyl (C=O) groups excluding carboxylic acids is 1. The average Bonchev–Trinajstić information content (AvgIpc) is 2.40. The van der Waals surface area contributed by atoms with Crippen molar-refractivity contribution >= 4 is 40.9 Å². The van der Waals surface area contributed by atoms with Crippen LogP contribution >= 0.6 is 35.0 Å². The molecular formula is C12H14Cl2N2OS. The number of thioether (sulfide) groups is 1. The minimum Gasteiger partial charge on any atom is -0.350 e. The minimum atomic E-state index is -0.256. The lowest BCUT2D eigenvalue weighted by Crippen LogP contribution is -2.32. The highest BCUT2D eigenvalue weighted by atomic mass is 35.5. The molecule has 98 valence electrons. The normalized spacial score (nSPS) is 19.6. The van der Waals surface area contributed by atoms with E-state index in [0.717, 1.165) is 6.42 Å². The maximum Gasteiger partial charge on any atom is 0.271 e. The number of hydrogen-bond donors (Lipinski definition) is 1. The molecule has 0 radical (unpaired) electrons. The Balaban J connectivity index is 1.92. The van der Waals surface area contributed by atoms with E-state index in [2.05, 4.69) is 10.3 Å². The summed E-state index contributed by atoms with van der Waals surface area (Å²) in [6.07, 6.45) is 3.67. The second kappa shape index (κ2) is 6.64. The van der Waals surface area contributed by atoms with Crippen LogP contribution in [0.25, 0.3) is 0 Å². The Morgan fingerprint density at radius 2 is 2.28 bits per heavy atom. The zero-order valence-electron chi connectivity index (χ0n) is 9.79. The van der Waals surface area contributed by atoms with Gasteiger partial charge in [0.05, 0.1) is 5.02 Å². The van der Waals surface area contributed by atoms with Crippen LogP contribution in [-0.2, 0) is 0 Å². The summed E-state index contributed by atoms with van der Waals surface area (Å²) in [4.78, 5) is 15.9. The molecular weight excluding hydrogens is 291 g/mol. The first-order valence-electron chi connectivity index (χ1n) is 5.88. The highest BCUT2D eigenvalue weighted by molar-refractivity contribution is 7.99. The fourth-order valence-corrected chi connectivity index (χ4v) is 3.41. The molecule has 1 amide bonds. The Bertz CT molecular complexity index is 436. The Hall–Kier alpha value is -0.450. The van der Waals surface area contributed by atoms with Crippen molar-refractivity contribution in [2.24, 2.45) is 0 Å². The molecule has 2 heterocycles. The van der Waals surface area contributed by atoms with Gasteiger partial charge >= 0.3 is 0 Å². The Morgan fingerprint density at radius 1 is 1.44 bits per heavy atom. The lowest BCUT2D eigenvalue weighted by molar-refractivity contribution is 0.0948. The molecule has 0 aromatic carbocycles. The predicted molar refractivity (Wildman–Crippen MR) is 76.7 cm³/mol. The van der Waals surface area contributed by atoms with Crippen LogP contribution in [-0.4, -0.2) is 28.4 Å². The number of aromatic nitrogens is 1. The fraction of sp³-hybridized carbons (Fsp3) is 0.500. The average molecular weight is 305 g/mol. The number of nitrogens with zero attached hydrogens (tertiary/aromatic N) is 1. The quantitative estimate of drug-likeness (QED) is 0.870. The second-order valence-corrected chi connectivity index (χ2v) is 6.37. The highest BCUT2D eigenvalue weighted by Crippen LogP contribution is 2.24. The van der Waals surface area contributed by atoms with Gasteiger partial charge in [-0.05, 0) is 30.7 Å². The molecule has 1 aromatic rings. The van der Waals surface area contributed by atoms with Gasteiger partial charge in [0.2, 0.25) is 0 Å². The van der Waals surface area contributed by atoms with Crippen LogP contribution in [0.15, 0.2) is 12.1 Å². The molecule has 1 fully saturated rings. The molecule has 3 nitrogen and oxygen atoms in total. The number of nitrogens with one attached hydrogen (secondary N) is 1. The smallest absolute Gasteiger partial charge is 0.271 e. The van der Waals surface area contributed by atoms with Crippen LogP contribution in [0.4, 0.5) is 0 Å². The third-order valence-electron chi connectivity index (χ3n) is 2.79. The van der Waals surface area contributed by atoms with Gasteiger partial charge in [-0.15, -0.1) is 0 Å². The zero-order chi connectivity index (χ0) is 13.0. The SMILES string of the molecule is O=C(NCC1CCCCS1)c1nc(Cl)ccc1Cl. The molecule has 1 aliphatic rings. The number of carbonyl (C=O) groups is 1. The second-order valence-electron chi connectivity index (χ2n) is 4.16. The highest BCUT2D eigenvalue weighted by Gasteiger charge is 2.17. The van der Waals surface area contributed by atoms with Gasteiger partial charge in [0, 0.05) is 11.8 Å². The maximum atomic E-state index is 11.9. The predicted octanol–water partition coefficient (Wildman–Crippen LogP) is 3.40. The number of amides is 1. The van der Waals surface area contributed by atoms with E-state index in [-0.39, 0.29) is 16.8 Å². The molecule has 0 aliphatic carbocycles. The first-order chi connectivity index (χ1) is 8.66. The van der Waals surface area contributed by atoms with E-state index in [0.29, 0.717) is 16.8 Å². The van der Waals surface area contributed by atoms with Crippen LogP contribution in [0.5, 0.6) is 0 Å². The molecule has 1 atom stereocenters. The van der Waals surface area contributed by atoms with E-state index in [1.54, 1.807) is 12.1 Å². The van der Waals surface area contributed by atoms with Crippen molar-refractivity contribution in [2.45, 2.75) is 24.5 Å². The molecule has 1 aromatic heterocycles. The number of hydrogen-bond acceptors (Lipinski definition) is 3. The first-order valence-corrected chi connectivity index (χ1v) is 7.69. The van der Waals surface area contributed by atoms with Gasteiger partial charge in [-0.1, -0.05) is 29.6 Å². The summed E-state index contributed by atoms with van der Waals surface area (Å²) in [6, 6.07) is 3.15. The van der Waals surface area contributed by atoms with Gasteiger partial charge in [-0.3, -0.25) is 4.79 Å². The summed E-state index contributed by atoms with van der Waals surface area (Å²) >= 11 is 13.6. The van der Waals surface area contributed by atoms with Crippen molar-refractivity contribution < 1.29 is 4.79 Å². The molecule has 0 saturated carbocycles. The topological polar surface area (TPSA) is 42.0 Å². The van der Waals surface area contributed by atoms with E-state index in [1.807, 2.05) is 11.8 Å². The van der Waals surface area contributed by atoms with Gasteiger partial charge in [-0.25, -0.2) is 4.98 Å². The fourth-order valence-electron chi connectivity index (χ4n) is 1.84. The molecule has 1 unspecified atom stereocenters. The van der Waals surface area contributed by atoms with E-state index in [1.165, 1.54) is 18.6 Å². The molecule has 2 rings (SSSR count). The van der Waals surface area contributed by atoms with Crippen molar-refractivity contribution in [1.29, 1.82) is 0 Å². The van der Waals surface area contributed by atoms with Crippen molar-refractivity contribution in [2.75, 3.05) is 12.3 Å². The molecule has 0 spiro atoms. The number of halogens is 2. The molecule has 1 N–H and O–H groups in total. The van der Waals surface area contributed by atoms with Crippen molar-refractivity contribution in [3.8, 4) is 0 Å². The Labute approximate surface area is 121 Å². The molecule has 1 saturated heterocycles. The van der Waals surface area contributed by atoms with Crippen molar-refractivity contribution in [3.05, 3.63) is 28.0 Å². The minimum absolute atomic E-state index is 0.199. The van der Waals surface area contributed by atoms with Gasteiger partial charge in [0.25, 0.3) is 5.91 Å². The molecule has 6 heteroatoms. The monoisotopic (exact) mass is 304 g/mol. The summed E-state index contributed by atoms with van der Waals surface area (Å²) in [5.41, 5.74) is 0.199. The Kier molecular flexibility index (Phi) is 5.15. The summed E-state index contributed by atoms with van der Waals surface area (Å²) in [5.74, 6) is 0.921. The van der Waals surface area contributed by atoms with Crippen molar-refractivity contribution in [3.63, 3.8) is 0 Å². The van der Waals surface area contributed by atoms with E-state index in [4.69, 9.17) is 23.2 Å². The third kappa shape index (κ3) is 3.77. The van der Waals surface area contributed by atoms with Gasteiger partial charge < -0.3 is 5.32 Å². The van der Waals surface area contributed by atoms with E-state index in [9.17, 15) is 4.79 Å². The van der Waals surface area contributed by atoms with Crippen molar-refractivity contribution in [1.82, 2.24) is 10.3 Å². The van der Waals surface area contributed by atoms with Gasteiger partial charge in [0.1, 0.15) is 10.8 Å². The summed E-state index contributed by atoms with van der Waals surface area (Å²) in [5, 5.41) is 3.97. The third-order valence-corrected chi connectivity index (χ3v) is 4.71. The van der Waals surface area contributed by atoms with Crippen LogP contribution < -0.4 is 5.32 Å². The number of pyridine rings is 1. The maximum absolute atomic E-state index is 11.9. The lowest BCUT2D eigenvalue weighted by Gasteiger charge is -2.21. The van der Waals surface area contributed by atoms with Crippen LogP contribution in [0.1, 0.15) is 29.8 Å². The van der Waals surface area contributed by atoms with Crippen LogP contribution in [0.2, 0.25) is 10.2 Å². The number of rotatable bonds is 3. The lowest BCUT2D eigenvalue weighted by atomic mass is 10.2. The summed E-state index contributed by atoms with van der Waals surface area (Å²) < 4.78 is 0. The summed E-state index contributed by atoms with van der Waals surface area (Å²) in [6.45, 7) is 0.661. The van der Waals surface area contributed by atoms with E-state index < -0.39 is 0 Å². The standard InChI is InChI=1S/C12H14Cl2N2OS/c13-9-4-5-10(14)16-11(9)12(17)15-7-8-3-1-2-6-18-8/h4-5,8H,1-3,6-7H2,(H,15,17). The summed E-state index contributed by atoms with van der Waals surface area (Å²) in [7, 11) is 0. The first kappa shape index (κ1) is 14.0. The molecule has 1 aliphatic heterocycles. The molecule has 0 bridgehead atoms. The van der Waals surface area contributed by atoms with Crippen LogP contribution in [0, 0.1) is 0 Å². The van der Waals surface area contributed by atoms with E-state index >= 15 is 0 Å².